The van der Waals surface area contributed by atoms with E-state index in [9.17, 15) is 4.79 Å². The van der Waals surface area contributed by atoms with Crippen LogP contribution in [0.4, 0.5) is 4.79 Å². The van der Waals surface area contributed by atoms with Crippen LogP contribution in [0.15, 0.2) is 42.5 Å². The van der Waals surface area contributed by atoms with E-state index in [0.29, 0.717) is 5.75 Å². The molecule has 0 aliphatic rings. The standard InChI is InChI=1S/C19H24O4/c1-4-5-8-13-19(2,3)23-22-18(20)21-17-12-11-15-9-6-7-10-16(15)14-17/h6-7,9-12,14H,4-5,8,13H2,1-3H3. The van der Waals surface area contributed by atoms with Gasteiger partial charge in [-0.3, -0.25) is 4.89 Å². The van der Waals surface area contributed by atoms with E-state index in [-0.39, 0.29) is 0 Å². The summed E-state index contributed by atoms with van der Waals surface area (Å²) in [7, 11) is 0. The smallest absolute Gasteiger partial charge is 0.393 e. The van der Waals surface area contributed by atoms with Crippen LogP contribution in [0.2, 0.25) is 0 Å². The van der Waals surface area contributed by atoms with Crippen LogP contribution in [0.1, 0.15) is 46.5 Å². The molecule has 0 bridgehead atoms. The van der Waals surface area contributed by atoms with Crippen LogP contribution in [0, 0.1) is 0 Å². The normalized spacial score (nSPS) is 11.4. The molecule has 4 nitrogen and oxygen atoms in total. The lowest BCUT2D eigenvalue weighted by atomic mass is 10.0. The molecule has 0 aromatic heterocycles. The lowest BCUT2D eigenvalue weighted by molar-refractivity contribution is -0.314. The van der Waals surface area contributed by atoms with Crippen LogP contribution in [0.25, 0.3) is 10.8 Å². The Labute approximate surface area is 137 Å². The molecule has 0 fully saturated rings. The highest BCUT2D eigenvalue weighted by molar-refractivity contribution is 5.84. The predicted octanol–water partition coefficient (Wildman–Crippen LogP) is 5.65. The van der Waals surface area contributed by atoms with Crippen LogP contribution in [0.3, 0.4) is 0 Å². The minimum absolute atomic E-state index is 0.432. The highest BCUT2D eigenvalue weighted by Gasteiger charge is 2.22. The summed E-state index contributed by atoms with van der Waals surface area (Å²) in [5.41, 5.74) is -0.516. The molecule has 0 unspecified atom stereocenters. The molecule has 2 rings (SSSR count). The molecule has 0 radical (unpaired) electrons. The number of fused-ring (bicyclic) bond motifs is 1. The van der Waals surface area contributed by atoms with Gasteiger partial charge in [0.1, 0.15) is 11.4 Å². The zero-order valence-electron chi connectivity index (χ0n) is 14.0. The Morgan fingerprint density at radius 3 is 2.52 bits per heavy atom. The number of benzene rings is 2. The second-order valence-electron chi connectivity index (χ2n) is 6.24. The summed E-state index contributed by atoms with van der Waals surface area (Å²) in [6, 6.07) is 13.3. The molecule has 0 amide bonds. The minimum atomic E-state index is -0.858. The SMILES string of the molecule is CCCCCC(C)(C)OOC(=O)Oc1ccc2ccccc2c1. The third-order valence-electron chi connectivity index (χ3n) is 3.64. The van der Waals surface area contributed by atoms with Gasteiger partial charge in [0.25, 0.3) is 0 Å². The van der Waals surface area contributed by atoms with Gasteiger partial charge in [-0.2, -0.15) is 4.89 Å². The average molecular weight is 316 g/mol. The molecule has 0 saturated heterocycles. The van der Waals surface area contributed by atoms with Gasteiger partial charge in [0.2, 0.25) is 0 Å². The topological polar surface area (TPSA) is 44.8 Å². The molecule has 0 N–H and O–H groups in total. The van der Waals surface area contributed by atoms with Crippen LogP contribution in [-0.2, 0) is 9.78 Å². The van der Waals surface area contributed by atoms with E-state index in [1.165, 1.54) is 0 Å². The summed E-state index contributed by atoms with van der Waals surface area (Å²) in [6.45, 7) is 5.93. The molecular weight excluding hydrogens is 292 g/mol. The second-order valence-corrected chi connectivity index (χ2v) is 6.24. The summed E-state index contributed by atoms with van der Waals surface area (Å²) in [5.74, 6) is 0.432. The summed E-state index contributed by atoms with van der Waals surface area (Å²) in [5, 5.41) is 2.08. The summed E-state index contributed by atoms with van der Waals surface area (Å²) >= 11 is 0. The quantitative estimate of drug-likeness (QED) is 0.218. The number of unbranched alkanes of at least 4 members (excludes halogenated alkanes) is 2. The first-order chi connectivity index (χ1) is 11.0. The monoisotopic (exact) mass is 316 g/mol. The van der Waals surface area contributed by atoms with Gasteiger partial charge in [0, 0.05) is 0 Å². The maximum Gasteiger partial charge on any atom is 0.546 e. The molecule has 0 aliphatic heterocycles. The Morgan fingerprint density at radius 2 is 1.78 bits per heavy atom. The number of hydrogen-bond donors (Lipinski definition) is 0. The fourth-order valence-electron chi connectivity index (χ4n) is 2.33. The molecule has 4 heteroatoms. The minimum Gasteiger partial charge on any atom is -0.393 e. The van der Waals surface area contributed by atoms with E-state index < -0.39 is 11.8 Å². The van der Waals surface area contributed by atoms with Gasteiger partial charge in [-0.1, -0.05) is 56.5 Å². The molecule has 0 heterocycles. The van der Waals surface area contributed by atoms with E-state index >= 15 is 0 Å². The molecule has 2 aromatic carbocycles. The van der Waals surface area contributed by atoms with Gasteiger partial charge in [-0.25, -0.2) is 4.79 Å². The lowest BCUT2D eigenvalue weighted by Crippen LogP contribution is -2.27. The third-order valence-corrected chi connectivity index (χ3v) is 3.64. The van der Waals surface area contributed by atoms with Crippen molar-refractivity contribution in [3.8, 4) is 5.75 Å². The van der Waals surface area contributed by atoms with Crippen molar-refractivity contribution in [3.05, 3.63) is 42.5 Å². The van der Waals surface area contributed by atoms with Crippen LogP contribution >= 0.6 is 0 Å². The molecule has 124 valence electrons. The molecule has 23 heavy (non-hydrogen) atoms. The fourth-order valence-corrected chi connectivity index (χ4v) is 2.33. The number of carbonyl (C=O) groups is 1. The van der Waals surface area contributed by atoms with Crippen molar-refractivity contribution in [2.24, 2.45) is 0 Å². The Morgan fingerprint density at radius 1 is 1.04 bits per heavy atom. The van der Waals surface area contributed by atoms with Gasteiger partial charge in [-0.15, -0.1) is 0 Å². The number of hydrogen-bond acceptors (Lipinski definition) is 4. The Bertz CT molecular complexity index is 649. The lowest BCUT2D eigenvalue weighted by Gasteiger charge is -2.22. The van der Waals surface area contributed by atoms with Crippen molar-refractivity contribution in [3.63, 3.8) is 0 Å². The van der Waals surface area contributed by atoms with E-state index in [0.717, 1.165) is 36.5 Å². The number of ether oxygens (including phenoxy) is 1. The Hall–Kier alpha value is -2.07. The Kier molecular flexibility index (Phi) is 5.99. The van der Waals surface area contributed by atoms with Gasteiger partial charge < -0.3 is 4.74 Å². The van der Waals surface area contributed by atoms with Crippen molar-refractivity contribution in [1.29, 1.82) is 0 Å². The van der Waals surface area contributed by atoms with Gasteiger partial charge in [0.05, 0.1) is 0 Å². The fraction of sp³-hybridized carbons (Fsp3) is 0.421. The number of carbonyl (C=O) groups excluding carboxylic acids is 1. The van der Waals surface area contributed by atoms with E-state index in [2.05, 4.69) is 6.92 Å². The molecule has 0 spiro atoms. The first-order valence-corrected chi connectivity index (χ1v) is 8.06. The van der Waals surface area contributed by atoms with E-state index in [4.69, 9.17) is 14.5 Å². The first-order valence-electron chi connectivity index (χ1n) is 8.06. The zero-order valence-corrected chi connectivity index (χ0v) is 14.0. The van der Waals surface area contributed by atoms with Crippen LogP contribution < -0.4 is 4.74 Å². The summed E-state index contributed by atoms with van der Waals surface area (Å²) in [4.78, 5) is 21.8. The maximum absolute atomic E-state index is 11.8. The maximum atomic E-state index is 11.8. The van der Waals surface area contributed by atoms with Crippen LogP contribution in [-0.4, -0.2) is 11.8 Å². The molecule has 0 aliphatic carbocycles. The van der Waals surface area contributed by atoms with Crippen LogP contribution in [0.5, 0.6) is 5.75 Å². The molecule has 2 aromatic rings. The first kappa shape index (κ1) is 17.3. The highest BCUT2D eigenvalue weighted by atomic mass is 17.2. The van der Waals surface area contributed by atoms with E-state index in [1.54, 1.807) is 12.1 Å². The third kappa shape index (κ3) is 5.57. The van der Waals surface area contributed by atoms with E-state index in [1.807, 2.05) is 44.2 Å². The average Bonchev–Trinajstić information content (AvgIpc) is 2.53. The van der Waals surface area contributed by atoms with Crippen molar-refractivity contribution in [2.45, 2.75) is 52.1 Å². The van der Waals surface area contributed by atoms with Crippen molar-refractivity contribution < 1.29 is 19.3 Å². The summed E-state index contributed by atoms with van der Waals surface area (Å²) < 4.78 is 5.16. The largest absolute Gasteiger partial charge is 0.546 e. The zero-order chi connectivity index (χ0) is 16.7. The molecule has 0 atom stereocenters. The predicted molar refractivity (Wildman–Crippen MR) is 90.4 cm³/mol. The van der Waals surface area contributed by atoms with Gasteiger partial charge in [-0.05, 0) is 43.2 Å². The second kappa shape index (κ2) is 7.97. The van der Waals surface area contributed by atoms with Crippen molar-refractivity contribution >= 4 is 16.9 Å². The van der Waals surface area contributed by atoms with Crippen molar-refractivity contribution in [2.75, 3.05) is 0 Å². The summed E-state index contributed by atoms with van der Waals surface area (Å²) in [6.07, 6.45) is 3.27. The highest BCUT2D eigenvalue weighted by Crippen LogP contribution is 2.22. The van der Waals surface area contributed by atoms with Crippen molar-refractivity contribution in [1.82, 2.24) is 0 Å². The number of rotatable bonds is 7. The van der Waals surface area contributed by atoms with Gasteiger partial charge in [0.15, 0.2) is 0 Å². The molecular formula is C19H24O4. The molecule has 0 saturated carbocycles. The van der Waals surface area contributed by atoms with Gasteiger partial charge >= 0.3 is 6.16 Å². The Balaban J connectivity index is 1.86.